The van der Waals surface area contributed by atoms with Gasteiger partial charge in [0.05, 0.1) is 19.1 Å². The standard InChI is InChI=1S/C12H23NO3/c1-4-5-6-7-8-16-12(15)9-11(13-3)10(2)14/h11,13H,4-9H2,1-3H3/t11-/m0/s1. The van der Waals surface area contributed by atoms with Gasteiger partial charge in [0.15, 0.2) is 0 Å². The minimum absolute atomic E-state index is 0.0366. The van der Waals surface area contributed by atoms with E-state index in [1.165, 1.54) is 19.8 Å². The maximum absolute atomic E-state index is 11.3. The Hall–Kier alpha value is -0.900. The first-order valence-corrected chi connectivity index (χ1v) is 5.95. The van der Waals surface area contributed by atoms with Gasteiger partial charge in [0.1, 0.15) is 5.78 Å². The summed E-state index contributed by atoms with van der Waals surface area (Å²) in [4.78, 5) is 22.4. The van der Waals surface area contributed by atoms with Gasteiger partial charge < -0.3 is 10.1 Å². The van der Waals surface area contributed by atoms with E-state index in [2.05, 4.69) is 12.2 Å². The number of carbonyl (C=O) groups is 2. The van der Waals surface area contributed by atoms with Gasteiger partial charge in [-0.1, -0.05) is 26.2 Å². The van der Waals surface area contributed by atoms with E-state index >= 15 is 0 Å². The normalized spacial score (nSPS) is 12.2. The van der Waals surface area contributed by atoms with Crippen molar-refractivity contribution < 1.29 is 14.3 Å². The van der Waals surface area contributed by atoms with Crippen LogP contribution in [0.2, 0.25) is 0 Å². The topological polar surface area (TPSA) is 55.4 Å². The second-order valence-corrected chi connectivity index (χ2v) is 3.94. The number of hydrogen-bond acceptors (Lipinski definition) is 4. The molecule has 0 radical (unpaired) electrons. The van der Waals surface area contributed by atoms with Crippen molar-refractivity contribution in [2.24, 2.45) is 0 Å². The quantitative estimate of drug-likeness (QED) is 0.483. The molecule has 0 saturated carbocycles. The van der Waals surface area contributed by atoms with Gasteiger partial charge in [-0.15, -0.1) is 0 Å². The summed E-state index contributed by atoms with van der Waals surface area (Å²) in [5.41, 5.74) is 0. The molecular formula is C12H23NO3. The van der Waals surface area contributed by atoms with Crippen molar-refractivity contribution in [1.29, 1.82) is 0 Å². The number of hydrogen-bond donors (Lipinski definition) is 1. The van der Waals surface area contributed by atoms with Crippen molar-refractivity contribution in [3.05, 3.63) is 0 Å². The zero-order chi connectivity index (χ0) is 12.4. The third-order valence-corrected chi connectivity index (χ3v) is 2.47. The van der Waals surface area contributed by atoms with Gasteiger partial charge in [0.25, 0.3) is 0 Å². The van der Waals surface area contributed by atoms with Crippen molar-refractivity contribution in [2.45, 2.75) is 52.0 Å². The highest BCUT2D eigenvalue weighted by Crippen LogP contribution is 2.01. The third kappa shape index (κ3) is 7.40. The lowest BCUT2D eigenvalue weighted by molar-refractivity contribution is -0.145. The molecule has 0 aliphatic rings. The van der Waals surface area contributed by atoms with E-state index in [0.717, 1.165) is 12.8 Å². The third-order valence-electron chi connectivity index (χ3n) is 2.47. The van der Waals surface area contributed by atoms with Crippen LogP contribution in [-0.4, -0.2) is 31.4 Å². The number of ketones is 1. The van der Waals surface area contributed by atoms with Gasteiger partial charge in [0.2, 0.25) is 0 Å². The predicted molar refractivity (Wildman–Crippen MR) is 63.2 cm³/mol. The lowest BCUT2D eigenvalue weighted by atomic mass is 10.1. The van der Waals surface area contributed by atoms with Crippen molar-refractivity contribution in [3.63, 3.8) is 0 Å². The van der Waals surface area contributed by atoms with Gasteiger partial charge in [0, 0.05) is 0 Å². The van der Waals surface area contributed by atoms with E-state index in [1.54, 1.807) is 7.05 Å². The van der Waals surface area contributed by atoms with Crippen molar-refractivity contribution >= 4 is 11.8 Å². The maximum Gasteiger partial charge on any atom is 0.307 e. The van der Waals surface area contributed by atoms with Crippen LogP contribution in [0, 0.1) is 0 Å². The van der Waals surface area contributed by atoms with Crippen LogP contribution < -0.4 is 5.32 Å². The molecule has 0 spiro atoms. The lowest BCUT2D eigenvalue weighted by Gasteiger charge is -2.11. The molecule has 94 valence electrons. The van der Waals surface area contributed by atoms with Gasteiger partial charge in [-0.3, -0.25) is 9.59 Å². The molecule has 0 unspecified atom stereocenters. The molecule has 0 fully saturated rings. The summed E-state index contributed by atoms with van der Waals surface area (Å²) in [6.45, 7) is 4.07. The molecule has 4 nitrogen and oxygen atoms in total. The number of rotatable bonds is 9. The van der Waals surface area contributed by atoms with Crippen LogP contribution in [-0.2, 0) is 14.3 Å². The molecular weight excluding hydrogens is 206 g/mol. The van der Waals surface area contributed by atoms with Crippen LogP contribution >= 0.6 is 0 Å². The van der Waals surface area contributed by atoms with E-state index in [9.17, 15) is 9.59 Å². The predicted octanol–water partition coefficient (Wildman–Crippen LogP) is 1.68. The van der Waals surface area contributed by atoms with E-state index in [4.69, 9.17) is 4.74 Å². The van der Waals surface area contributed by atoms with Gasteiger partial charge in [-0.2, -0.15) is 0 Å². The van der Waals surface area contributed by atoms with Crippen LogP contribution in [0.3, 0.4) is 0 Å². The maximum atomic E-state index is 11.3. The summed E-state index contributed by atoms with van der Waals surface area (Å²) in [5, 5.41) is 2.79. The average molecular weight is 229 g/mol. The Morgan fingerprint density at radius 2 is 1.94 bits per heavy atom. The second kappa shape index (κ2) is 9.33. The molecule has 0 heterocycles. The summed E-state index contributed by atoms with van der Waals surface area (Å²) in [5.74, 6) is -0.337. The number of unbranched alkanes of at least 4 members (excludes halogenated alkanes) is 3. The van der Waals surface area contributed by atoms with Crippen LogP contribution in [0.4, 0.5) is 0 Å². The van der Waals surface area contributed by atoms with Crippen LogP contribution in [0.5, 0.6) is 0 Å². The molecule has 1 N–H and O–H groups in total. The Kier molecular flexibility index (Phi) is 8.81. The summed E-state index contributed by atoms with van der Waals surface area (Å²) in [7, 11) is 1.67. The number of carbonyl (C=O) groups excluding carboxylic acids is 2. The fraction of sp³-hybridized carbons (Fsp3) is 0.833. The summed E-state index contributed by atoms with van der Waals surface area (Å²) >= 11 is 0. The molecule has 0 aromatic heterocycles. The molecule has 1 atom stereocenters. The van der Waals surface area contributed by atoms with Crippen molar-refractivity contribution in [1.82, 2.24) is 5.32 Å². The van der Waals surface area contributed by atoms with Crippen LogP contribution in [0.25, 0.3) is 0 Å². The number of Topliss-reactive ketones (excluding diaryl/α,β-unsaturated/α-hetero) is 1. The molecule has 0 rings (SSSR count). The SMILES string of the molecule is CCCCCCOC(=O)C[C@H](NC)C(C)=O. The molecule has 0 aliphatic heterocycles. The number of esters is 1. The fourth-order valence-electron chi connectivity index (χ4n) is 1.39. The molecule has 0 aliphatic carbocycles. The highest BCUT2D eigenvalue weighted by molar-refractivity contribution is 5.86. The minimum atomic E-state index is -0.414. The molecule has 0 aromatic rings. The Morgan fingerprint density at radius 3 is 2.44 bits per heavy atom. The lowest BCUT2D eigenvalue weighted by Crippen LogP contribution is -2.35. The van der Waals surface area contributed by atoms with E-state index < -0.39 is 6.04 Å². The van der Waals surface area contributed by atoms with Crippen LogP contribution in [0.15, 0.2) is 0 Å². The summed E-state index contributed by atoms with van der Waals surface area (Å²) < 4.78 is 5.04. The smallest absolute Gasteiger partial charge is 0.307 e. The molecule has 0 bridgehead atoms. The van der Waals surface area contributed by atoms with Gasteiger partial charge in [-0.05, 0) is 20.4 Å². The van der Waals surface area contributed by atoms with Gasteiger partial charge >= 0.3 is 5.97 Å². The van der Waals surface area contributed by atoms with Crippen molar-refractivity contribution in [3.8, 4) is 0 Å². The molecule has 4 heteroatoms. The summed E-state index contributed by atoms with van der Waals surface area (Å²) in [6.07, 6.45) is 4.46. The average Bonchev–Trinajstić information content (AvgIpc) is 2.25. The molecule has 0 saturated heterocycles. The van der Waals surface area contributed by atoms with Crippen LogP contribution in [0.1, 0.15) is 46.0 Å². The first-order chi connectivity index (χ1) is 7.61. The molecule has 0 aromatic carbocycles. The largest absolute Gasteiger partial charge is 0.466 e. The Morgan fingerprint density at radius 1 is 1.25 bits per heavy atom. The highest BCUT2D eigenvalue weighted by atomic mass is 16.5. The van der Waals surface area contributed by atoms with E-state index in [-0.39, 0.29) is 18.2 Å². The fourth-order valence-corrected chi connectivity index (χ4v) is 1.39. The van der Waals surface area contributed by atoms with Crippen molar-refractivity contribution in [2.75, 3.05) is 13.7 Å². The summed E-state index contributed by atoms with van der Waals surface area (Å²) in [6, 6.07) is -0.414. The van der Waals surface area contributed by atoms with Gasteiger partial charge in [-0.25, -0.2) is 0 Å². The Balaban J connectivity index is 3.61. The Labute approximate surface area is 97.7 Å². The number of likely N-dealkylation sites (N-methyl/N-ethyl adjacent to an activating group) is 1. The number of nitrogens with one attached hydrogen (secondary N) is 1. The highest BCUT2D eigenvalue weighted by Gasteiger charge is 2.16. The molecule has 0 amide bonds. The zero-order valence-corrected chi connectivity index (χ0v) is 10.5. The van der Waals surface area contributed by atoms with E-state index in [1.807, 2.05) is 0 Å². The first-order valence-electron chi connectivity index (χ1n) is 5.95. The molecule has 16 heavy (non-hydrogen) atoms. The zero-order valence-electron chi connectivity index (χ0n) is 10.5. The monoisotopic (exact) mass is 229 g/mol. The first kappa shape index (κ1) is 15.1. The number of ether oxygens (including phenoxy) is 1. The minimum Gasteiger partial charge on any atom is -0.466 e. The second-order valence-electron chi connectivity index (χ2n) is 3.94. The van der Waals surface area contributed by atoms with E-state index in [0.29, 0.717) is 6.61 Å². The Bertz CT molecular complexity index is 216.